The van der Waals surface area contributed by atoms with Gasteiger partial charge in [-0.15, -0.1) is 11.5 Å². The Bertz CT molecular complexity index is 231. The summed E-state index contributed by atoms with van der Waals surface area (Å²) in [5, 5.41) is 20.0. The van der Waals surface area contributed by atoms with Gasteiger partial charge >= 0.3 is 37.7 Å². The molecule has 0 spiro atoms. The zero-order valence-electron chi connectivity index (χ0n) is 9.49. The number of carbonyl (C=O) groups is 2. The van der Waals surface area contributed by atoms with E-state index in [0.29, 0.717) is 0 Å². The van der Waals surface area contributed by atoms with Crippen molar-refractivity contribution in [1.82, 2.24) is 0 Å². The Morgan fingerprint density at radius 3 is 1.00 bits per heavy atom. The molecule has 0 saturated heterocycles. The van der Waals surface area contributed by atoms with Gasteiger partial charge in [-0.2, -0.15) is 0 Å². The number of carbonyl (C=O) groups excluding carboxylic acids is 2. The van der Waals surface area contributed by atoms with Crippen LogP contribution in [-0.4, -0.2) is 49.3 Å². The van der Waals surface area contributed by atoms with Gasteiger partial charge in [-0.05, 0) is 26.0 Å². The van der Waals surface area contributed by atoms with E-state index in [2.05, 4.69) is 0 Å². The van der Waals surface area contributed by atoms with Crippen LogP contribution in [0.4, 0.5) is 0 Å². The first-order valence-electron chi connectivity index (χ1n) is 3.97. The molecule has 0 aliphatic rings. The zero-order valence-corrected chi connectivity index (χ0v) is 11.7. The van der Waals surface area contributed by atoms with Crippen molar-refractivity contribution < 1.29 is 19.8 Å². The first-order valence-corrected chi connectivity index (χ1v) is 3.97. The Hall–Kier alpha value is -0.320. The SMILES string of the molecule is CC(=O)/C=C(/C)[O-].CC(=O)/C=C(/C)[O-].[Ca+2]. The van der Waals surface area contributed by atoms with E-state index in [1.165, 1.54) is 27.7 Å². The average Bonchev–Trinajstić information content (AvgIpc) is 1.79. The molecule has 0 rings (SSSR count). The van der Waals surface area contributed by atoms with E-state index in [-0.39, 0.29) is 60.8 Å². The fourth-order valence-corrected chi connectivity index (χ4v) is 0.572. The van der Waals surface area contributed by atoms with Crippen LogP contribution in [0, 0.1) is 0 Å². The van der Waals surface area contributed by atoms with Crippen LogP contribution in [-0.2, 0) is 9.59 Å². The summed E-state index contributed by atoms with van der Waals surface area (Å²) in [6.45, 7) is 5.39. The van der Waals surface area contributed by atoms with E-state index >= 15 is 0 Å². The Kier molecular flexibility index (Phi) is 15.8. The minimum Gasteiger partial charge on any atom is -0.876 e. The number of hydrogen-bond acceptors (Lipinski definition) is 4. The summed E-state index contributed by atoms with van der Waals surface area (Å²) in [5.41, 5.74) is 0. The van der Waals surface area contributed by atoms with E-state index in [1.807, 2.05) is 0 Å². The van der Waals surface area contributed by atoms with Gasteiger partial charge in [0.15, 0.2) is 11.6 Å². The van der Waals surface area contributed by atoms with Crippen molar-refractivity contribution in [3.05, 3.63) is 23.7 Å². The second kappa shape index (κ2) is 11.8. The summed E-state index contributed by atoms with van der Waals surface area (Å²) in [6, 6.07) is 0. The third kappa shape index (κ3) is 31.6. The number of hydrogen-bond donors (Lipinski definition) is 0. The Balaban J connectivity index is -0.000000180. The van der Waals surface area contributed by atoms with Crippen molar-refractivity contribution in [3.63, 3.8) is 0 Å². The third-order valence-electron chi connectivity index (χ3n) is 0.813. The molecule has 0 N–H and O–H groups in total. The standard InChI is InChI=1S/2C5H8O2.Ca/c2*1-4(6)3-5(2)7;/h2*3,6H,1-2H3;/q;;+2/p-2/b2*4-3-;. The maximum atomic E-state index is 9.98. The quantitative estimate of drug-likeness (QED) is 0.362. The van der Waals surface area contributed by atoms with Crippen molar-refractivity contribution in [1.29, 1.82) is 0 Å². The van der Waals surface area contributed by atoms with E-state index in [0.717, 1.165) is 12.2 Å². The smallest absolute Gasteiger partial charge is 0.876 e. The van der Waals surface area contributed by atoms with Gasteiger partial charge in [0.1, 0.15) is 0 Å². The second-order valence-corrected chi connectivity index (χ2v) is 2.73. The van der Waals surface area contributed by atoms with Gasteiger partial charge in [0, 0.05) is 0 Å². The van der Waals surface area contributed by atoms with Crippen LogP contribution in [0.2, 0.25) is 0 Å². The van der Waals surface area contributed by atoms with Crippen molar-refractivity contribution >= 4 is 49.3 Å². The van der Waals surface area contributed by atoms with Crippen LogP contribution in [0.5, 0.6) is 0 Å². The third-order valence-corrected chi connectivity index (χ3v) is 0.813. The maximum absolute atomic E-state index is 9.98. The van der Waals surface area contributed by atoms with Gasteiger partial charge in [-0.1, -0.05) is 13.8 Å². The van der Waals surface area contributed by atoms with E-state index in [9.17, 15) is 19.8 Å². The van der Waals surface area contributed by atoms with Crippen molar-refractivity contribution in [2.75, 3.05) is 0 Å². The van der Waals surface area contributed by atoms with E-state index in [4.69, 9.17) is 0 Å². The van der Waals surface area contributed by atoms with Crippen LogP contribution >= 0.6 is 0 Å². The average molecular weight is 238 g/mol. The van der Waals surface area contributed by atoms with E-state index < -0.39 is 0 Å². The molecule has 0 unspecified atom stereocenters. The van der Waals surface area contributed by atoms with Gasteiger partial charge in [-0.25, -0.2) is 0 Å². The molecule has 0 amide bonds. The van der Waals surface area contributed by atoms with Crippen molar-refractivity contribution in [2.45, 2.75) is 27.7 Å². The molecule has 0 fully saturated rings. The minimum absolute atomic E-state index is 0. The second-order valence-electron chi connectivity index (χ2n) is 2.73. The fraction of sp³-hybridized carbons (Fsp3) is 0.400. The molecule has 0 aromatic rings. The monoisotopic (exact) mass is 238 g/mol. The van der Waals surface area contributed by atoms with Crippen molar-refractivity contribution in [3.8, 4) is 0 Å². The summed E-state index contributed by atoms with van der Waals surface area (Å²) in [7, 11) is 0. The molecule has 0 aliphatic heterocycles. The summed E-state index contributed by atoms with van der Waals surface area (Å²) < 4.78 is 0. The summed E-state index contributed by atoms with van der Waals surface area (Å²) >= 11 is 0. The topological polar surface area (TPSA) is 80.3 Å². The largest absolute Gasteiger partial charge is 2.00 e. The number of allylic oxidation sites excluding steroid dienone is 4. The Morgan fingerprint density at radius 1 is 0.800 bits per heavy atom. The summed E-state index contributed by atoms with van der Waals surface area (Å²) in [6.07, 6.45) is 2.11. The molecule has 0 bridgehead atoms. The predicted octanol–water partition coefficient (Wildman–Crippen LogP) is -0.702. The van der Waals surface area contributed by atoms with Crippen molar-refractivity contribution in [2.24, 2.45) is 0 Å². The molecular weight excluding hydrogens is 224 g/mol. The molecule has 0 aliphatic carbocycles. The molecule has 0 aromatic heterocycles. The summed E-state index contributed by atoms with van der Waals surface area (Å²) in [4.78, 5) is 20.0. The maximum Gasteiger partial charge on any atom is 2.00 e. The van der Waals surface area contributed by atoms with Crippen LogP contribution in [0.25, 0.3) is 0 Å². The molecule has 15 heavy (non-hydrogen) atoms. The zero-order chi connectivity index (χ0) is 11.7. The van der Waals surface area contributed by atoms with Crippen LogP contribution in [0.1, 0.15) is 27.7 Å². The fourth-order valence-electron chi connectivity index (χ4n) is 0.572. The molecule has 0 saturated carbocycles. The number of rotatable bonds is 2. The molecule has 0 atom stereocenters. The van der Waals surface area contributed by atoms with Crippen LogP contribution < -0.4 is 10.2 Å². The molecule has 0 radical (unpaired) electrons. The minimum atomic E-state index is -0.187. The molecule has 5 heteroatoms. The normalized spacial score (nSPS) is 10.7. The Labute approximate surface area is 120 Å². The number of ketones is 2. The van der Waals surface area contributed by atoms with Crippen LogP contribution in [0.3, 0.4) is 0 Å². The van der Waals surface area contributed by atoms with Gasteiger partial charge in [0.2, 0.25) is 0 Å². The first-order chi connectivity index (χ1) is 6.25. The molecule has 0 aromatic carbocycles. The van der Waals surface area contributed by atoms with Gasteiger partial charge in [0.25, 0.3) is 0 Å². The van der Waals surface area contributed by atoms with Gasteiger partial charge in [-0.3, -0.25) is 9.59 Å². The Morgan fingerprint density at radius 2 is 1.00 bits per heavy atom. The molecule has 0 heterocycles. The molecular formula is C10H14CaO4. The summed E-state index contributed by atoms with van der Waals surface area (Å²) in [5.74, 6) is -0.750. The van der Waals surface area contributed by atoms with E-state index in [1.54, 1.807) is 0 Å². The predicted molar refractivity (Wildman–Crippen MR) is 54.6 cm³/mol. The van der Waals surface area contributed by atoms with Gasteiger partial charge in [0.05, 0.1) is 0 Å². The first kappa shape index (κ1) is 20.1. The molecule has 80 valence electrons. The van der Waals surface area contributed by atoms with Gasteiger partial charge < -0.3 is 10.2 Å². The van der Waals surface area contributed by atoms with Crippen LogP contribution in [0.15, 0.2) is 23.7 Å². The molecule has 4 nitrogen and oxygen atoms in total.